The van der Waals surface area contributed by atoms with Crippen LogP contribution in [0.1, 0.15) is 24.7 Å². The summed E-state index contributed by atoms with van der Waals surface area (Å²) in [7, 11) is -3.54. The number of hydrogen-bond donors (Lipinski definition) is 2. The normalized spacial score (nSPS) is 12.2. The molecule has 7 nitrogen and oxygen atoms in total. The Morgan fingerprint density at radius 2 is 2.00 bits per heavy atom. The fraction of sp³-hybridized carbons (Fsp3) is 0.375. The van der Waals surface area contributed by atoms with Crippen molar-refractivity contribution in [2.24, 2.45) is 0 Å². The average Bonchev–Trinajstić information content (AvgIpc) is 2.90. The lowest BCUT2D eigenvalue weighted by molar-refractivity contribution is -0.142. The number of aromatic hydroxyl groups is 1. The smallest absolute Gasteiger partial charge is 0.436 e. The summed E-state index contributed by atoms with van der Waals surface area (Å²) in [5.41, 5.74) is -0.978. The van der Waals surface area contributed by atoms with E-state index >= 15 is 0 Å². The van der Waals surface area contributed by atoms with Gasteiger partial charge >= 0.3 is 6.18 Å². The Hall–Kier alpha value is -2.08. The van der Waals surface area contributed by atoms with Gasteiger partial charge in [0.15, 0.2) is 15.5 Å². The van der Waals surface area contributed by atoms with E-state index in [4.69, 9.17) is 0 Å². The van der Waals surface area contributed by atoms with Gasteiger partial charge < -0.3 is 10.4 Å². The molecule has 2 aromatic rings. The van der Waals surface area contributed by atoms with Crippen LogP contribution in [0, 0.1) is 6.92 Å². The molecule has 12 heteroatoms. The van der Waals surface area contributed by atoms with Crippen molar-refractivity contribution in [3.63, 3.8) is 0 Å². The van der Waals surface area contributed by atoms with Crippen LogP contribution in [0.3, 0.4) is 0 Å². The van der Waals surface area contributed by atoms with E-state index in [0.29, 0.717) is 0 Å². The van der Waals surface area contributed by atoms with E-state index < -0.39 is 27.6 Å². The molecular weight excluding hydrogens is 467 g/mol. The second-order valence-electron chi connectivity index (χ2n) is 5.85. The molecule has 0 spiro atoms. The van der Waals surface area contributed by atoms with Gasteiger partial charge in [0.25, 0.3) is 0 Å². The van der Waals surface area contributed by atoms with Crippen LogP contribution < -0.4 is 5.32 Å². The molecule has 1 heterocycles. The molecular formula is C16H17BrF3N3O4S. The second kappa shape index (κ2) is 8.11. The van der Waals surface area contributed by atoms with E-state index in [9.17, 15) is 31.5 Å². The number of aromatic nitrogens is 2. The number of sulfone groups is 1. The molecule has 2 N–H and O–H groups in total. The summed E-state index contributed by atoms with van der Waals surface area (Å²) >= 11 is 2.85. The number of anilines is 1. The molecule has 0 saturated heterocycles. The highest BCUT2D eigenvalue weighted by atomic mass is 79.9. The van der Waals surface area contributed by atoms with Gasteiger partial charge in [0.2, 0.25) is 5.91 Å². The number of alkyl halides is 3. The Labute approximate surface area is 167 Å². The molecule has 2 rings (SSSR count). The summed E-state index contributed by atoms with van der Waals surface area (Å²) in [5, 5.41) is 15.7. The lowest BCUT2D eigenvalue weighted by Crippen LogP contribution is -2.16. The van der Waals surface area contributed by atoms with Gasteiger partial charge in [0.1, 0.15) is 5.75 Å². The summed E-state index contributed by atoms with van der Waals surface area (Å²) in [4.78, 5) is 12.1. The fourth-order valence-corrected chi connectivity index (χ4v) is 3.73. The van der Waals surface area contributed by atoms with Gasteiger partial charge in [-0.3, -0.25) is 9.48 Å². The zero-order chi connectivity index (χ0) is 21.3. The van der Waals surface area contributed by atoms with Crippen molar-refractivity contribution in [3.8, 4) is 5.75 Å². The van der Waals surface area contributed by atoms with Crippen LogP contribution in [0.2, 0.25) is 0 Å². The Bertz CT molecular complexity index is 1000. The maximum Gasteiger partial charge on any atom is 0.436 e. The first-order valence-electron chi connectivity index (χ1n) is 8.02. The number of carbonyl (C=O) groups excluding carboxylic acids is 1. The Morgan fingerprint density at radius 1 is 1.36 bits per heavy atom. The van der Waals surface area contributed by atoms with Gasteiger partial charge in [-0.05, 0) is 41.1 Å². The fourth-order valence-electron chi connectivity index (χ4n) is 2.32. The average molecular weight is 484 g/mol. The molecule has 28 heavy (non-hydrogen) atoms. The number of phenolic OH excluding ortho intramolecular Hbond substituents is 1. The van der Waals surface area contributed by atoms with Crippen molar-refractivity contribution < 1.29 is 31.5 Å². The minimum atomic E-state index is -4.63. The van der Waals surface area contributed by atoms with E-state index in [1.807, 2.05) is 0 Å². The number of benzene rings is 1. The first-order chi connectivity index (χ1) is 12.9. The number of amides is 1. The van der Waals surface area contributed by atoms with Crippen molar-refractivity contribution in [2.75, 3.05) is 11.1 Å². The quantitative estimate of drug-likeness (QED) is 0.612. The molecule has 0 atom stereocenters. The van der Waals surface area contributed by atoms with Crippen LogP contribution in [-0.2, 0) is 27.4 Å². The van der Waals surface area contributed by atoms with Crippen molar-refractivity contribution in [1.82, 2.24) is 9.78 Å². The molecule has 1 aromatic heterocycles. The molecule has 0 fully saturated rings. The molecule has 1 amide bonds. The van der Waals surface area contributed by atoms with Crippen LogP contribution in [-0.4, -0.2) is 35.0 Å². The first kappa shape index (κ1) is 22.2. The molecule has 0 aliphatic heterocycles. The van der Waals surface area contributed by atoms with Crippen LogP contribution >= 0.6 is 15.9 Å². The molecule has 0 unspecified atom stereocenters. The van der Waals surface area contributed by atoms with Gasteiger partial charge in [-0.2, -0.15) is 18.3 Å². The third-order valence-electron chi connectivity index (χ3n) is 3.93. The van der Waals surface area contributed by atoms with Crippen molar-refractivity contribution >= 4 is 37.4 Å². The highest BCUT2D eigenvalue weighted by molar-refractivity contribution is 9.10. The van der Waals surface area contributed by atoms with E-state index in [2.05, 4.69) is 26.3 Å². The van der Waals surface area contributed by atoms with Crippen molar-refractivity contribution in [1.29, 1.82) is 0 Å². The molecule has 0 aliphatic rings. The molecule has 154 valence electrons. The van der Waals surface area contributed by atoms with E-state index in [1.54, 1.807) is 0 Å². The van der Waals surface area contributed by atoms with Gasteiger partial charge in [-0.25, -0.2) is 8.42 Å². The number of hydrogen-bond acceptors (Lipinski definition) is 5. The molecule has 0 saturated carbocycles. The predicted molar refractivity (Wildman–Crippen MR) is 98.7 cm³/mol. The zero-order valence-corrected chi connectivity index (χ0v) is 17.2. The topological polar surface area (TPSA) is 101 Å². The molecule has 1 aromatic carbocycles. The van der Waals surface area contributed by atoms with Crippen molar-refractivity contribution in [3.05, 3.63) is 34.1 Å². The number of aryl methyl sites for hydroxylation is 1. The highest BCUT2D eigenvalue weighted by Gasteiger charge is 2.37. The number of phenols is 1. The number of halogens is 4. The Balaban J connectivity index is 2.13. The summed E-state index contributed by atoms with van der Waals surface area (Å²) in [6, 6.07) is 3.49. The minimum absolute atomic E-state index is 0.0650. The lowest BCUT2D eigenvalue weighted by atomic mass is 10.2. The zero-order valence-electron chi connectivity index (χ0n) is 14.8. The first-order valence-corrected chi connectivity index (χ1v) is 10.5. The summed E-state index contributed by atoms with van der Waals surface area (Å²) in [6.07, 6.45) is -4.87. The van der Waals surface area contributed by atoms with Gasteiger partial charge in [0.05, 0.1) is 33.0 Å². The standard InChI is InChI=1S/C16H17BrF3N3O4S/c1-3-28(26,27)10-4-5-12(24)11(8-10)21-13(25)6-7-23-9(2)14(17)15(22-23)16(18,19)20/h4-5,8,24H,3,6-7H2,1-2H3,(H,21,25). The maximum atomic E-state index is 12.9. The number of nitrogens with one attached hydrogen (secondary N) is 1. The monoisotopic (exact) mass is 483 g/mol. The maximum absolute atomic E-state index is 12.9. The third-order valence-corrected chi connectivity index (χ3v) is 6.62. The Kier molecular flexibility index (Phi) is 6.44. The Morgan fingerprint density at radius 3 is 2.54 bits per heavy atom. The second-order valence-corrected chi connectivity index (χ2v) is 8.92. The lowest BCUT2D eigenvalue weighted by Gasteiger charge is -2.10. The SMILES string of the molecule is CCS(=O)(=O)c1ccc(O)c(NC(=O)CCn2nc(C(F)(F)F)c(Br)c2C)c1. The summed E-state index contributed by atoms with van der Waals surface area (Å²) in [5.74, 6) is -1.11. The van der Waals surface area contributed by atoms with Gasteiger partial charge in [-0.1, -0.05) is 6.92 Å². The molecule has 0 radical (unpaired) electrons. The minimum Gasteiger partial charge on any atom is -0.506 e. The highest BCUT2D eigenvalue weighted by Crippen LogP contribution is 2.35. The van der Waals surface area contributed by atoms with Gasteiger partial charge in [0, 0.05) is 6.42 Å². The van der Waals surface area contributed by atoms with Crippen LogP contribution in [0.5, 0.6) is 5.75 Å². The van der Waals surface area contributed by atoms with Crippen LogP contribution in [0.4, 0.5) is 18.9 Å². The van der Waals surface area contributed by atoms with E-state index in [0.717, 1.165) is 16.8 Å². The largest absolute Gasteiger partial charge is 0.506 e. The number of nitrogens with zero attached hydrogens (tertiary/aromatic N) is 2. The van der Waals surface area contributed by atoms with Gasteiger partial charge in [-0.15, -0.1) is 0 Å². The number of rotatable bonds is 6. The summed E-state index contributed by atoms with van der Waals surface area (Å²) in [6.45, 7) is 2.75. The number of carbonyl (C=O) groups is 1. The van der Waals surface area contributed by atoms with Crippen molar-refractivity contribution in [2.45, 2.75) is 37.9 Å². The van der Waals surface area contributed by atoms with Crippen LogP contribution in [0.25, 0.3) is 0 Å². The third kappa shape index (κ3) is 4.85. The molecule has 0 bridgehead atoms. The molecule has 0 aliphatic carbocycles. The van der Waals surface area contributed by atoms with Crippen LogP contribution in [0.15, 0.2) is 27.6 Å². The van der Waals surface area contributed by atoms with E-state index in [-0.39, 0.29) is 45.2 Å². The predicted octanol–water partition coefficient (Wildman–Crippen LogP) is 3.50. The van der Waals surface area contributed by atoms with E-state index in [1.165, 1.54) is 19.9 Å². The summed E-state index contributed by atoms with van der Waals surface area (Å²) < 4.78 is 63.3.